The first-order valence-corrected chi connectivity index (χ1v) is 8.25. The summed E-state index contributed by atoms with van der Waals surface area (Å²) >= 11 is 0. The first kappa shape index (κ1) is 15.2. The number of ether oxygens (including phenoxy) is 1. The van der Waals surface area contributed by atoms with Gasteiger partial charge in [-0.25, -0.2) is 9.97 Å². The molecule has 4 rings (SSSR count). The SMILES string of the molecule is COCCN[C@@H]1CCN(c2ccnc3[nH]c4cnc(N)cc4c23)C1. The molecule has 126 valence electrons. The summed E-state index contributed by atoms with van der Waals surface area (Å²) in [6.45, 7) is 3.63. The summed E-state index contributed by atoms with van der Waals surface area (Å²) in [6, 6.07) is 4.49. The molecule has 4 N–H and O–H groups in total. The lowest BCUT2D eigenvalue weighted by Gasteiger charge is -2.20. The fraction of sp³-hybridized carbons (Fsp3) is 0.412. The minimum Gasteiger partial charge on any atom is -0.384 e. The molecule has 1 aliphatic heterocycles. The number of nitrogen functional groups attached to an aromatic ring is 1. The standard InChI is InChI=1S/C17H22N6O/c1-24-7-5-19-11-3-6-23(10-11)14-2-4-20-17-16(14)12-8-15(18)21-9-13(12)22-17/h2,4,8-9,11,19H,3,5-7,10H2,1H3,(H2,18,21)(H,20,22)/t11-/m1/s1. The lowest BCUT2D eigenvalue weighted by molar-refractivity contribution is 0.196. The van der Waals surface area contributed by atoms with E-state index < -0.39 is 0 Å². The Morgan fingerprint density at radius 1 is 1.46 bits per heavy atom. The molecule has 0 aromatic carbocycles. The number of fused-ring (bicyclic) bond motifs is 3. The van der Waals surface area contributed by atoms with E-state index in [-0.39, 0.29) is 0 Å². The molecule has 3 aromatic heterocycles. The normalized spacial score (nSPS) is 18.0. The maximum Gasteiger partial charge on any atom is 0.140 e. The Morgan fingerprint density at radius 3 is 3.25 bits per heavy atom. The van der Waals surface area contributed by atoms with Crippen molar-refractivity contribution in [1.29, 1.82) is 0 Å². The summed E-state index contributed by atoms with van der Waals surface area (Å²) in [5.74, 6) is 0.527. The van der Waals surface area contributed by atoms with Crippen molar-refractivity contribution in [2.75, 3.05) is 44.0 Å². The van der Waals surface area contributed by atoms with Gasteiger partial charge in [-0.1, -0.05) is 0 Å². The highest BCUT2D eigenvalue weighted by molar-refractivity contribution is 6.12. The number of nitrogens with zero attached hydrogens (tertiary/aromatic N) is 3. The number of hydrogen-bond donors (Lipinski definition) is 3. The number of anilines is 2. The van der Waals surface area contributed by atoms with Crippen molar-refractivity contribution in [3.05, 3.63) is 24.5 Å². The molecule has 0 spiro atoms. The Hall–Kier alpha value is -2.38. The summed E-state index contributed by atoms with van der Waals surface area (Å²) in [7, 11) is 1.73. The van der Waals surface area contributed by atoms with Gasteiger partial charge in [0.2, 0.25) is 0 Å². The molecule has 0 amide bonds. The third kappa shape index (κ3) is 2.65. The van der Waals surface area contributed by atoms with Gasteiger partial charge in [-0.15, -0.1) is 0 Å². The summed E-state index contributed by atoms with van der Waals surface area (Å²) in [5.41, 5.74) is 8.93. The van der Waals surface area contributed by atoms with Crippen LogP contribution < -0.4 is 16.0 Å². The lowest BCUT2D eigenvalue weighted by atomic mass is 10.2. The molecular weight excluding hydrogens is 304 g/mol. The molecule has 24 heavy (non-hydrogen) atoms. The van der Waals surface area contributed by atoms with Crippen LogP contribution in [0.2, 0.25) is 0 Å². The fourth-order valence-corrected chi connectivity index (χ4v) is 3.49. The van der Waals surface area contributed by atoms with E-state index in [4.69, 9.17) is 10.5 Å². The first-order valence-electron chi connectivity index (χ1n) is 8.25. The van der Waals surface area contributed by atoms with Crippen molar-refractivity contribution in [1.82, 2.24) is 20.3 Å². The number of pyridine rings is 2. The second-order valence-electron chi connectivity index (χ2n) is 6.21. The number of rotatable bonds is 5. The van der Waals surface area contributed by atoms with Crippen molar-refractivity contribution < 1.29 is 4.74 Å². The third-order valence-corrected chi connectivity index (χ3v) is 4.64. The second-order valence-corrected chi connectivity index (χ2v) is 6.21. The molecule has 7 heteroatoms. The van der Waals surface area contributed by atoms with E-state index in [9.17, 15) is 0 Å². The van der Waals surface area contributed by atoms with Crippen molar-refractivity contribution >= 4 is 33.4 Å². The molecule has 1 fully saturated rings. The smallest absolute Gasteiger partial charge is 0.140 e. The second kappa shape index (κ2) is 6.26. The molecule has 0 unspecified atom stereocenters. The zero-order valence-corrected chi connectivity index (χ0v) is 13.7. The minimum atomic E-state index is 0.486. The van der Waals surface area contributed by atoms with Crippen LogP contribution in [-0.2, 0) is 4.74 Å². The molecule has 1 aliphatic rings. The summed E-state index contributed by atoms with van der Waals surface area (Å²) in [4.78, 5) is 14.4. The van der Waals surface area contributed by atoms with E-state index in [1.807, 2.05) is 12.3 Å². The quantitative estimate of drug-likeness (QED) is 0.616. The topological polar surface area (TPSA) is 92.1 Å². The predicted molar refractivity (Wildman–Crippen MR) is 96.3 cm³/mol. The fourth-order valence-electron chi connectivity index (χ4n) is 3.49. The number of aromatic amines is 1. The molecule has 4 heterocycles. The van der Waals surface area contributed by atoms with Gasteiger partial charge in [0, 0.05) is 50.1 Å². The van der Waals surface area contributed by atoms with Gasteiger partial charge in [0.15, 0.2) is 0 Å². The van der Waals surface area contributed by atoms with Crippen LogP contribution >= 0.6 is 0 Å². The zero-order chi connectivity index (χ0) is 16.5. The lowest BCUT2D eigenvalue weighted by Crippen LogP contribution is -2.34. The van der Waals surface area contributed by atoms with Crippen LogP contribution in [0, 0.1) is 0 Å². The highest BCUT2D eigenvalue weighted by Gasteiger charge is 2.24. The predicted octanol–water partition coefficient (Wildman–Crippen LogP) is 1.51. The monoisotopic (exact) mass is 326 g/mol. The number of H-pyrrole nitrogens is 1. The Labute approximate surface area is 140 Å². The van der Waals surface area contributed by atoms with Crippen molar-refractivity contribution in [3.63, 3.8) is 0 Å². The van der Waals surface area contributed by atoms with Gasteiger partial charge in [-0.3, -0.25) is 0 Å². The Morgan fingerprint density at radius 2 is 2.38 bits per heavy atom. The number of methoxy groups -OCH3 is 1. The highest BCUT2D eigenvalue weighted by atomic mass is 16.5. The number of aromatic nitrogens is 3. The summed E-state index contributed by atoms with van der Waals surface area (Å²) < 4.78 is 5.11. The van der Waals surface area contributed by atoms with E-state index in [1.54, 1.807) is 13.3 Å². The van der Waals surface area contributed by atoms with Gasteiger partial charge in [0.05, 0.1) is 23.7 Å². The molecule has 1 atom stereocenters. The van der Waals surface area contributed by atoms with Crippen molar-refractivity contribution in [2.24, 2.45) is 0 Å². The van der Waals surface area contributed by atoms with Gasteiger partial charge in [0.1, 0.15) is 11.5 Å². The van der Waals surface area contributed by atoms with Crippen molar-refractivity contribution in [2.45, 2.75) is 12.5 Å². The molecule has 0 bridgehead atoms. The van der Waals surface area contributed by atoms with Crippen LogP contribution in [0.25, 0.3) is 21.9 Å². The number of nitrogens with two attached hydrogens (primary N) is 1. The van der Waals surface area contributed by atoms with Gasteiger partial charge >= 0.3 is 0 Å². The van der Waals surface area contributed by atoms with Gasteiger partial charge in [-0.05, 0) is 18.6 Å². The molecule has 0 radical (unpaired) electrons. The maximum atomic E-state index is 5.89. The van der Waals surface area contributed by atoms with Crippen LogP contribution in [0.15, 0.2) is 24.5 Å². The third-order valence-electron chi connectivity index (χ3n) is 4.64. The maximum absolute atomic E-state index is 5.89. The van der Waals surface area contributed by atoms with Crippen LogP contribution in [0.5, 0.6) is 0 Å². The Kier molecular flexibility index (Phi) is 3.95. The summed E-state index contributed by atoms with van der Waals surface area (Å²) in [6.07, 6.45) is 4.75. The average Bonchev–Trinajstić information content (AvgIpc) is 3.19. The van der Waals surface area contributed by atoms with Crippen LogP contribution in [0.4, 0.5) is 11.5 Å². The molecule has 7 nitrogen and oxygen atoms in total. The average molecular weight is 326 g/mol. The van der Waals surface area contributed by atoms with Gasteiger partial charge in [0.25, 0.3) is 0 Å². The summed E-state index contributed by atoms with van der Waals surface area (Å²) in [5, 5.41) is 5.75. The van der Waals surface area contributed by atoms with Gasteiger partial charge in [-0.2, -0.15) is 0 Å². The Balaban J connectivity index is 1.67. The van der Waals surface area contributed by atoms with Crippen LogP contribution in [-0.4, -0.2) is 54.3 Å². The Bertz CT molecular complexity index is 861. The largest absolute Gasteiger partial charge is 0.384 e. The van der Waals surface area contributed by atoms with E-state index in [1.165, 1.54) is 5.69 Å². The van der Waals surface area contributed by atoms with E-state index in [2.05, 4.69) is 31.2 Å². The molecule has 1 saturated heterocycles. The molecule has 0 aliphatic carbocycles. The van der Waals surface area contributed by atoms with Crippen LogP contribution in [0.3, 0.4) is 0 Å². The molecular formula is C17H22N6O. The van der Waals surface area contributed by atoms with Gasteiger partial charge < -0.3 is 25.7 Å². The molecule has 3 aromatic rings. The number of nitrogens with one attached hydrogen (secondary N) is 2. The zero-order valence-electron chi connectivity index (χ0n) is 13.7. The van der Waals surface area contributed by atoms with E-state index >= 15 is 0 Å². The highest BCUT2D eigenvalue weighted by Crippen LogP contribution is 2.34. The first-order chi connectivity index (χ1) is 11.8. The number of hydrogen-bond acceptors (Lipinski definition) is 6. The minimum absolute atomic E-state index is 0.486. The molecule has 0 saturated carbocycles. The van der Waals surface area contributed by atoms with E-state index in [0.29, 0.717) is 11.9 Å². The van der Waals surface area contributed by atoms with Crippen molar-refractivity contribution in [3.8, 4) is 0 Å². The van der Waals surface area contributed by atoms with E-state index in [0.717, 1.165) is 54.6 Å². The van der Waals surface area contributed by atoms with Crippen LogP contribution in [0.1, 0.15) is 6.42 Å².